The van der Waals surface area contributed by atoms with E-state index in [2.05, 4.69) is 4.98 Å². The van der Waals surface area contributed by atoms with Crippen LogP contribution in [-0.4, -0.2) is 4.98 Å². The summed E-state index contributed by atoms with van der Waals surface area (Å²) in [4.78, 5) is 4.11. The van der Waals surface area contributed by atoms with E-state index in [1.807, 2.05) is 12.3 Å². The number of aryl methyl sites for hydroxylation is 1. The molecule has 0 aliphatic carbocycles. The van der Waals surface area contributed by atoms with E-state index >= 15 is 0 Å². The number of hydrogen-bond donors (Lipinski definition) is 0. The summed E-state index contributed by atoms with van der Waals surface area (Å²) in [6.45, 7) is 2.35. The second kappa shape index (κ2) is 5.07. The van der Waals surface area contributed by atoms with Crippen LogP contribution >= 0.6 is 11.3 Å². The molecule has 2 aromatic rings. The maximum Gasteiger partial charge on any atom is 0.131 e. The van der Waals surface area contributed by atoms with Gasteiger partial charge in [0.15, 0.2) is 0 Å². The van der Waals surface area contributed by atoms with Gasteiger partial charge in [-0.3, -0.25) is 0 Å². The molecule has 84 valence electrons. The second-order valence-corrected chi connectivity index (χ2v) is 4.09. The van der Waals surface area contributed by atoms with Crippen molar-refractivity contribution in [2.75, 3.05) is 0 Å². The molecule has 0 saturated heterocycles. The molecule has 16 heavy (non-hydrogen) atoms. The van der Waals surface area contributed by atoms with E-state index in [0.717, 1.165) is 5.69 Å². The first kappa shape index (κ1) is 11.1. The normalized spacial score (nSPS) is 10.4. The molecular formula is C12H12FNOS. The summed E-state index contributed by atoms with van der Waals surface area (Å²) in [6, 6.07) is 4.82. The number of rotatable bonds is 4. The fourth-order valence-electron chi connectivity index (χ4n) is 1.38. The summed E-state index contributed by atoms with van der Waals surface area (Å²) in [7, 11) is 0. The lowest BCUT2D eigenvalue weighted by Gasteiger charge is -2.06. The van der Waals surface area contributed by atoms with Crippen LogP contribution in [0, 0.1) is 5.82 Å². The van der Waals surface area contributed by atoms with Gasteiger partial charge in [0, 0.05) is 5.38 Å². The third-order valence-corrected chi connectivity index (χ3v) is 2.90. The Morgan fingerprint density at radius 2 is 2.31 bits per heavy atom. The molecular weight excluding hydrogens is 225 g/mol. The molecule has 1 aromatic carbocycles. The van der Waals surface area contributed by atoms with E-state index in [4.69, 9.17) is 4.74 Å². The van der Waals surface area contributed by atoms with Crippen molar-refractivity contribution >= 4 is 11.3 Å². The van der Waals surface area contributed by atoms with Gasteiger partial charge in [0.1, 0.15) is 18.2 Å². The monoisotopic (exact) mass is 237 g/mol. The summed E-state index contributed by atoms with van der Waals surface area (Å²) in [5.41, 5.74) is 3.34. The number of thiazole rings is 1. The third kappa shape index (κ3) is 2.58. The van der Waals surface area contributed by atoms with E-state index in [9.17, 15) is 4.39 Å². The lowest BCUT2D eigenvalue weighted by Crippen LogP contribution is -1.97. The van der Waals surface area contributed by atoms with Crippen molar-refractivity contribution in [1.82, 2.24) is 4.98 Å². The molecule has 0 N–H and O–H groups in total. The number of aromatic nitrogens is 1. The molecule has 0 radical (unpaired) electrons. The molecule has 1 heterocycles. The number of nitrogens with zero attached hydrogens (tertiary/aromatic N) is 1. The predicted octanol–water partition coefficient (Wildman–Crippen LogP) is 3.42. The third-order valence-electron chi connectivity index (χ3n) is 2.27. The minimum absolute atomic E-state index is 0.177. The van der Waals surface area contributed by atoms with Gasteiger partial charge in [-0.2, -0.15) is 0 Å². The van der Waals surface area contributed by atoms with E-state index in [1.54, 1.807) is 17.6 Å². The van der Waals surface area contributed by atoms with Gasteiger partial charge in [0.25, 0.3) is 0 Å². The van der Waals surface area contributed by atoms with Gasteiger partial charge in [-0.15, -0.1) is 11.3 Å². The largest absolute Gasteiger partial charge is 0.487 e. The van der Waals surface area contributed by atoms with E-state index < -0.39 is 0 Å². The Kier molecular flexibility index (Phi) is 3.51. The average Bonchev–Trinajstić information content (AvgIpc) is 2.81. The number of benzene rings is 1. The first-order valence-corrected chi connectivity index (χ1v) is 6.02. The Morgan fingerprint density at radius 1 is 1.44 bits per heavy atom. The van der Waals surface area contributed by atoms with Crippen LogP contribution in [-0.2, 0) is 13.0 Å². The molecule has 2 nitrogen and oxygen atoms in total. The van der Waals surface area contributed by atoms with Crippen molar-refractivity contribution < 1.29 is 9.13 Å². The van der Waals surface area contributed by atoms with Gasteiger partial charge in [0.05, 0.1) is 11.2 Å². The highest BCUT2D eigenvalue weighted by Gasteiger charge is 2.03. The summed E-state index contributed by atoms with van der Waals surface area (Å²) in [6.07, 6.45) is 0.666. The first-order chi connectivity index (χ1) is 7.79. The smallest absolute Gasteiger partial charge is 0.131 e. The van der Waals surface area contributed by atoms with Crippen LogP contribution in [0.4, 0.5) is 4.39 Å². The number of halogens is 1. The summed E-state index contributed by atoms with van der Waals surface area (Å²) in [5, 5.41) is 1.93. The van der Waals surface area contributed by atoms with Crippen molar-refractivity contribution in [3.05, 3.63) is 46.2 Å². The lowest BCUT2D eigenvalue weighted by molar-refractivity contribution is 0.301. The molecule has 1 aromatic heterocycles. The molecule has 0 unspecified atom stereocenters. The Morgan fingerprint density at radius 3 is 3.00 bits per heavy atom. The summed E-state index contributed by atoms with van der Waals surface area (Å²) < 4.78 is 18.7. The molecule has 0 atom stereocenters. The van der Waals surface area contributed by atoms with E-state index in [0.29, 0.717) is 24.3 Å². The Bertz CT molecular complexity index is 456. The van der Waals surface area contributed by atoms with Gasteiger partial charge < -0.3 is 4.74 Å². The number of ether oxygens (including phenoxy) is 1. The Balaban J connectivity index is 2.04. The van der Waals surface area contributed by atoms with Crippen LogP contribution in [0.2, 0.25) is 0 Å². The highest BCUT2D eigenvalue weighted by atomic mass is 32.1. The SMILES string of the molecule is CCc1cc(OCc2cscn2)ccc1F. The van der Waals surface area contributed by atoms with Crippen molar-refractivity contribution in [3.63, 3.8) is 0 Å². The van der Waals surface area contributed by atoms with Gasteiger partial charge in [-0.05, 0) is 30.2 Å². The van der Waals surface area contributed by atoms with Crippen molar-refractivity contribution in [3.8, 4) is 5.75 Å². The molecule has 2 rings (SSSR count). The molecule has 0 amide bonds. The molecule has 0 bridgehead atoms. The zero-order valence-electron chi connectivity index (χ0n) is 8.94. The van der Waals surface area contributed by atoms with Gasteiger partial charge >= 0.3 is 0 Å². The molecule has 4 heteroatoms. The molecule has 0 saturated carbocycles. The molecule has 0 fully saturated rings. The topological polar surface area (TPSA) is 22.1 Å². The number of hydrogen-bond acceptors (Lipinski definition) is 3. The maximum atomic E-state index is 13.2. The zero-order valence-corrected chi connectivity index (χ0v) is 9.76. The van der Waals surface area contributed by atoms with Gasteiger partial charge in [-0.1, -0.05) is 6.92 Å². The van der Waals surface area contributed by atoms with Crippen LogP contribution < -0.4 is 4.74 Å². The van der Waals surface area contributed by atoms with Crippen LogP contribution in [0.25, 0.3) is 0 Å². The summed E-state index contributed by atoms with van der Waals surface area (Å²) >= 11 is 1.53. The quantitative estimate of drug-likeness (QED) is 0.812. The Hall–Kier alpha value is -1.42. The zero-order chi connectivity index (χ0) is 11.4. The van der Waals surface area contributed by atoms with E-state index in [1.165, 1.54) is 17.4 Å². The lowest BCUT2D eigenvalue weighted by atomic mass is 10.1. The Labute approximate surface area is 97.7 Å². The van der Waals surface area contributed by atoms with Crippen LogP contribution in [0.3, 0.4) is 0 Å². The molecule has 0 aliphatic rings. The van der Waals surface area contributed by atoms with Crippen molar-refractivity contribution in [2.24, 2.45) is 0 Å². The van der Waals surface area contributed by atoms with Gasteiger partial charge in [-0.25, -0.2) is 9.37 Å². The minimum Gasteiger partial charge on any atom is -0.487 e. The van der Waals surface area contributed by atoms with Crippen molar-refractivity contribution in [2.45, 2.75) is 20.0 Å². The highest BCUT2D eigenvalue weighted by molar-refractivity contribution is 7.07. The van der Waals surface area contributed by atoms with Crippen LogP contribution in [0.1, 0.15) is 18.2 Å². The first-order valence-electron chi connectivity index (χ1n) is 5.08. The highest BCUT2D eigenvalue weighted by Crippen LogP contribution is 2.18. The summed E-state index contributed by atoms with van der Waals surface area (Å²) in [5.74, 6) is 0.509. The minimum atomic E-state index is -0.177. The van der Waals surface area contributed by atoms with Crippen LogP contribution in [0.15, 0.2) is 29.1 Å². The van der Waals surface area contributed by atoms with Crippen LogP contribution in [0.5, 0.6) is 5.75 Å². The standard InChI is InChI=1S/C12H12FNOS/c1-2-9-5-11(3-4-12(9)13)15-6-10-7-16-8-14-10/h3-5,7-8H,2,6H2,1H3. The van der Waals surface area contributed by atoms with Gasteiger partial charge in [0.2, 0.25) is 0 Å². The average molecular weight is 237 g/mol. The van der Waals surface area contributed by atoms with Crippen molar-refractivity contribution in [1.29, 1.82) is 0 Å². The van der Waals surface area contributed by atoms with E-state index in [-0.39, 0.29) is 5.82 Å². The fraction of sp³-hybridized carbons (Fsp3) is 0.250. The molecule has 0 aliphatic heterocycles. The second-order valence-electron chi connectivity index (χ2n) is 3.38. The molecule has 0 spiro atoms. The maximum absolute atomic E-state index is 13.2. The fourth-order valence-corrected chi connectivity index (χ4v) is 1.92. The predicted molar refractivity (Wildman–Crippen MR) is 62.2 cm³/mol.